The summed E-state index contributed by atoms with van der Waals surface area (Å²) < 4.78 is 14.9. The van der Waals surface area contributed by atoms with Crippen molar-refractivity contribution >= 4 is 11.4 Å². The van der Waals surface area contributed by atoms with Gasteiger partial charge in [0.25, 0.3) is 5.91 Å². The van der Waals surface area contributed by atoms with Gasteiger partial charge in [0.15, 0.2) is 0 Å². The molecular formula is C20H18FN5O. The van der Waals surface area contributed by atoms with Gasteiger partial charge in [0.1, 0.15) is 5.82 Å². The van der Waals surface area contributed by atoms with Gasteiger partial charge in [-0.15, -0.1) is 0 Å². The van der Waals surface area contributed by atoms with E-state index in [9.17, 15) is 14.4 Å². The quantitative estimate of drug-likeness (QED) is 0.771. The summed E-state index contributed by atoms with van der Waals surface area (Å²) >= 11 is 0. The van der Waals surface area contributed by atoms with Crippen LogP contribution >= 0.6 is 0 Å². The van der Waals surface area contributed by atoms with Crippen LogP contribution in [0.15, 0.2) is 30.5 Å². The smallest absolute Gasteiger partial charge is 0.289 e. The topological polar surface area (TPSA) is 83.1 Å². The summed E-state index contributed by atoms with van der Waals surface area (Å²) in [5, 5.41) is 16.8. The third-order valence-electron chi connectivity index (χ3n) is 4.97. The SMILES string of the molecule is Cc1cc(-c2ccc(F)cc2C#N)nn2c(C(=O)NC(C)C3CC3)ncc12. The van der Waals surface area contributed by atoms with E-state index in [4.69, 9.17) is 0 Å². The summed E-state index contributed by atoms with van der Waals surface area (Å²) in [6.07, 6.45) is 3.87. The maximum atomic E-state index is 13.5. The van der Waals surface area contributed by atoms with Crippen molar-refractivity contribution in [3.05, 3.63) is 53.2 Å². The molecule has 1 unspecified atom stereocenters. The van der Waals surface area contributed by atoms with Gasteiger partial charge in [-0.3, -0.25) is 4.79 Å². The van der Waals surface area contributed by atoms with E-state index in [0.717, 1.165) is 18.4 Å². The van der Waals surface area contributed by atoms with Crippen molar-refractivity contribution in [1.82, 2.24) is 19.9 Å². The molecule has 1 saturated carbocycles. The predicted octanol–water partition coefficient (Wildman–Crippen LogP) is 3.24. The average molecular weight is 363 g/mol. The van der Waals surface area contributed by atoms with Gasteiger partial charge in [-0.2, -0.15) is 10.4 Å². The van der Waals surface area contributed by atoms with Gasteiger partial charge >= 0.3 is 0 Å². The number of nitriles is 1. The van der Waals surface area contributed by atoms with E-state index in [1.807, 2.05) is 19.9 Å². The highest BCUT2D eigenvalue weighted by atomic mass is 19.1. The molecule has 1 aromatic carbocycles. The second-order valence-corrected chi connectivity index (χ2v) is 6.99. The molecule has 4 rings (SSSR count). The van der Waals surface area contributed by atoms with Crippen LogP contribution in [0.4, 0.5) is 4.39 Å². The fourth-order valence-corrected chi connectivity index (χ4v) is 3.24. The lowest BCUT2D eigenvalue weighted by molar-refractivity contribution is 0.0923. The molecule has 6 nitrogen and oxygen atoms in total. The molecule has 1 aliphatic rings. The lowest BCUT2D eigenvalue weighted by Gasteiger charge is -2.12. The van der Waals surface area contributed by atoms with Crippen LogP contribution in [0.2, 0.25) is 0 Å². The number of hydrogen-bond donors (Lipinski definition) is 1. The van der Waals surface area contributed by atoms with Crippen molar-refractivity contribution in [2.75, 3.05) is 0 Å². The minimum atomic E-state index is -0.482. The van der Waals surface area contributed by atoms with Crippen LogP contribution in [0.5, 0.6) is 0 Å². The van der Waals surface area contributed by atoms with Gasteiger partial charge < -0.3 is 5.32 Å². The molecule has 1 atom stereocenters. The second kappa shape index (κ2) is 6.47. The van der Waals surface area contributed by atoms with E-state index < -0.39 is 5.82 Å². The summed E-state index contributed by atoms with van der Waals surface area (Å²) in [6, 6.07) is 7.88. The van der Waals surface area contributed by atoms with Gasteiger partial charge in [0, 0.05) is 11.6 Å². The Labute approximate surface area is 155 Å². The first-order valence-corrected chi connectivity index (χ1v) is 8.84. The van der Waals surface area contributed by atoms with Crippen molar-refractivity contribution in [3.8, 4) is 17.3 Å². The van der Waals surface area contributed by atoms with E-state index in [-0.39, 0.29) is 23.3 Å². The average Bonchev–Trinajstić information content (AvgIpc) is 3.41. The maximum absolute atomic E-state index is 13.5. The van der Waals surface area contributed by atoms with Crippen molar-refractivity contribution in [2.24, 2.45) is 5.92 Å². The standard InChI is InChI=1S/C20H18FN5O/c1-11-7-17(16-6-5-15(21)8-14(16)9-22)25-26-18(11)10-23-19(26)20(27)24-12(2)13-3-4-13/h5-8,10,12-13H,3-4H2,1-2H3,(H,24,27). The number of fused-ring (bicyclic) bond motifs is 1. The van der Waals surface area contributed by atoms with Crippen molar-refractivity contribution in [1.29, 1.82) is 5.26 Å². The van der Waals surface area contributed by atoms with Crippen LogP contribution in [-0.2, 0) is 0 Å². The monoisotopic (exact) mass is 363 g/mol. The molecule has 2 aromatic heterocycles. The van der Waals surface area contributed by atoms with Crippen LogP contribution in [0.3, 0.4) is 0 Å². The Balaban J connectivity index is 1.78. The first-order valence-electron chi connectivity index (χ1n) is 8.84. The van der Waals surface area contributed by atoms with Crippen molar-refractivity contribution in [2.45, 2.75) is 32.7 Å². The number of hydrogen-bond acceptors (Lipinski definition) is 4. The van der Waals surface area contributed by atoms with Gasteiger partial charge in [-0.05, 0) is 62.4 Å². The number of amides is 1. The first kappa shape index (κ1) is 17.2. The number of rotatable bonds is 4. The number of carbonyl (C=O) groups is 1. The number of imidazole rings is 1. The maximum Gasteiger partial charge on any atom is 0.289 e. The van der Waals surface area contributed by atoms with E-state index in [0.29, 0.717) is 22.7 Å². The Morgan fingerprint density at radius 3 is 2.89 bits per heavy atom. The Morgan fingerprint density at radius 2 is 2.19 bits per heavy atom. The highest BCUT2D eigenvalue weighted by Gasteiger charge is 2.30. The zero-order valence-electron chi connectivity index (χ0n) is 15.0. The summed E-state index contributed by atoms with van der Waals surface area (Å²) in [4.78, 5) is 16.9. The normalized spacial score (nSPS) is 14.7. The lowest BCUT2D eigenvalue weighted by Crippen LogP contribution is -2.35. The molecule has 2 heterocycles. The van der Waals surface area contributed by atoms with Crippen LogP contribution in [-0.4, -0.2) is 26.5 Å². The fraction of sp³-hybridized carbons (Fsp3) is 0.300. The molecule has 1 aliphatic carbocycles. The minimum absolute atomic E-state index is 0.0939. The highest BCUT2D eigenvalue weighted by Crippen LogP contribution is 2.32. The molecule has 0 spiro atoms. The predicted molar refractivity (Wildman–Crippen MR) is 97.5 cm³/mol. The third-order valence-corrected chi connectivity index (χ3v) is 4.97. The molecule has 0 aliphatic heterocycles. The van der Waals surface area contributed by atoms with Crippen LogP contribution in [0.1, 0.15) is 41.5 Å². The number of nitrogens with one attached hydrogen (secondary N) is 1. The van der Waals surface area contributed by atoms with Gasteiger partial charge in [-0.1, -0.05) is 0 Å². The second-order valence-electron chi connectivity index (χ2n) is 6.99. The Morgan fingerprint density at radius 1 is 1.41 bits per heavy atom. The summed E-state index contributed by atoms with van der Waals surface area (Å²) in [5.41, 5.74) is 2.75. The lowest BCUT2D eigenvalue weighted by atomic mass is 10.0. The summed E-state index contributed by atoms with van der Waals surface area (Å²) in [6.45, 7) is 3.87. The number of nitrogens with zero attached hydrogens (tertiary/aromatic N) is 4. The molecular weight excluding hydrogens is 345 g/mol. The molecule has 1 fully saturated rings. The van der Waals surface area contributed by atoms with Gasteiger partial charge in [0.05, 0.1) is 29.0 Å². The number of carbonyl (C=O) groups excluding carboxylic acids is 1. The number of halogens is 1. The van der Waals surface area contributed by atoms with Crippen LogP contribution in [0.25, 0.3) is 16.8 Å². The Bertz CT molecular complexity index is 1090. The molecule has 0 radical (unpaired) electrons. The largest absolute Gasteiger partial charge is 0.347 e. The molecule has 7 heteroatoms. The first-order chi connectivity index (χ1) is 13.0. The molecule has 3 aromatic rings. The molecule has 136 valence electrons. The highest BCUT2D eigenvalue weighted by molar-refractivity contribution is 5.92. The van der Waals surface area contributed by atoms with Crippen LogP contribution in [0, 0.1) is 30.0 Å². The molecule has 1 N–H and O–H groups in total. The summed E-state index contributed by atoms with van der Waals surface area (Å²) in [5.74, 6) is -0.0335. The van der Waals surface area contributed by atoms with E-state index in [1.165, 1.54) is 22.7 Å². The third kappa shape index (κ3) is 3.14. The number of benzene rings is 1. The zero-order valence-corrected chi connectivity index (χ0v) is 15.0. The number of aryl methyl sites for hydroxylation is 1. The van der Waals surface area contributed by atoms with Crippen molar-refractivity contribution in [3.63, 3.8) is 0 Å². The van der Waals surface area contributed by atoms with Crippen molar-refractivity contribution < 1.29 is 9.18 Å². The van der Waals surface area contributed by atoms with E-state index in [1.54, 1.807) is 12.3 Å². The Kier molecular flexibility index (Phi) is 4.11. The van der Waals surface area contributed by atoms with Crippen LogP contribution < -0.4 is 5.32 Å². The Hall–Kier alpha value is -3.27. The van der Waals surface area contributed by atoms with E-state index in [2.05, 4.69) is 15.4 Å². The van der Waals surface area contributed by atoms with Gasteiger partial charge in [0.2, 0.25) is 5.82 Å². The minimum Gasteiger partial charge on any atom is -0.347 e. The number of aromatic nitrogens is 3. The van der Waals surface area contributed by atoms with Gasteiger partial charge in [-0.25, -0.2) is 13.9 Å². The zero-order chi connectivity index (χ0) is 19.1. The molecule has 0 saturated heterocycles. The molecule has 0 bridgehead atoms. The fourth-order valence-electron chi connectivity index (χ4n) is 3.24. The summed E-state index contributed by atoms with van der Waals surface area (Å²) in [7, 11) is 0. The van der Waals surface area contributed by atoms with E-state index >= 15 is 0 Å². The molecule has 1 amide bonds. The molecule has 27 heavy (non-hydrogen) atoms.